The van der Waals surface area contributed by atoms with Gasteiger partial charge in [-0.2, -0.15) is 0 Å². The lowest BCUT2D eigenvalue weighted by atomic mass is 9.97. The van der Waals surface area contributed by atoms with E-state index < -0.39 is 5.69 Å². The zero-order valence-corrected chi connectivity index (χ0v) is 18.8. The van der Waals surface area contributed by atoms with E-state index in [1.165, 1.54) is 12.6 Å². The Morgan fingerprint density at radius 1 is 1.19 bits per heavy atom. The molecular formula is C24H27N5O3. The number of nitrogens with one attached hydrogen (secondary N) is 2. The minimum Gasteiger partial charge on any atom is -0.354 e. The van der Waals surface area contributed by atoms with Crippen molar-refractivity contribution in [3.63, 3.8) is 0 Å². The molecule has 0 aliphatic carbocycles. The second kappa shape index (κ2) is 8.55. The van der Waals surface area contributed by atoms with Gasteiger partial charge < -0.3 is 10.3 Å². The maximum Gasteiger partial charge on any atom is 0.328 e. The Morgan fingerprint density at radius 2 is 1.97 bits per heavy atom. The predicted molar refractivity (Wildman–Crippen MR) is 125 cm³/mol. The molecule has 1 amide bonds. The van der Waals surface area contributed by atoms with Crippen LogP contribution in [0, 0.1) is 13.8 Å². The number of rotatable bonds is 4. The van der Waals surface area contributed by atoms with Crippen molar-refractivity contribution in [2.24, 2.45) is 7.05 Å². The molecule has 0 saturated heterocycles. The summed E-state index contributed by atoms with van der Waals surface area (Å²) in [6.45, 7) is 6.28. The molecule has 8 nitrogen and oxygen atoms in total. The number of amides is 1. The third-order valence-electron chi connectivity index (χ3n) is 6.23. The zero-order chi connectivity index (χ0) is 23.0. The number of H-pyrrole nitrogens is 1. The van der Waals surface area contributed by atoms with Gasteiger partial charge >= 0.3 is 5.69 Å². The van der Waals surface area contributed by atoms with Gasteiger partial charge in [-0.05, 0) is 54.7 Å². The molecule has 0 unspecified atom stereocenters. The maximum absolute atomic E-state index is 12.4. The number of hydrogen-bond acceptors (Lipinski definition) is 5. The van der Waals surface area contributed by atoms with Crippen LogP contribution < -0.4 is 16.6 Å². The molecule has 2 N–H and O–H groups in total. The van der Waals surface area contributed by atoms with Gasteiger partial charge in [0, 0.05) is 39.4 Å². The number of hydrogen-bond donors (Lipinski definition) is 2. The number of aromatic nitrogens is 3. The van der Waals surface area contributed by atoms with Gasteiger partial charge in [0.25, 0.3) is 11.5 Å². The lowest BCUT2D eigenvalue weighted by Gasteiger charge is -2.27. The molecule has 0 saturated carbocycles. The monoisotopic (exact) mass is 433 g/mol. The van der Waals surface area contributed by atoms with E-state index in [2.05, 4.69) is 26.3 Å². The molecule has 2 aromatic heterocycles. The van der Waals surface area contributed by atoms with Crippen molar-refractivity contribution < 1.29 is 4.79 Å². The summed E-state index contributed by atoms with van der Waals surface area (Å²) < 4.78 is 1.09. The first-order chi connectivity index (χ1) is 15.3. The third-order valence-corrected chi connectivity index (χ3v) is 6.23. The summed E-state index contributed by atoms with van der Waals surface area (Å²) >= 11 is 0. The topological polar surface area (TPSA) is 100 Å². The van der Waals surface area contributed by atoms with Gasteiger partial charge in [-0.15, -0.1) is 0 Å². The van der Waals surface area contributed by atoms with Crippen molar-refractivity contribution in [3.05, 3.63) is 79.3 Å². The quantitative estimate of drug-likeness (QED) is 0.655. The van der Waals surface area contributed by atoms with Crippen LogP contribution in [0.3, 0.4) is 0 Å². The Morgan fingerprint density at radius 3 is 2.62 bits per heavy atom. The molecule has 0 spiro atoms. The van der Waals surface area contributed by atoms with Gasteiger partial charge in [-0.25, -0.2) is 9.78 Å². The Kier molecular flexibility index (Phi) is 5.80. The average molecular weight is 434 g/mol. The van der Waals surface area contributed by atoms with Crippen LogP contribution in [0.15, 0.2) is 39.9 Å². The fourth-order valence-corrected chi connectivity index (χ4v) is 4.22. The highest BCUT2D eigenvalue weighted by molar-refractivity contribution is 5.92. The van der Waals surface area contributed by atoms with Crippen LogP contribution in [0.5, 0.6) is 0 Å². The summed E-state index contributed by atoms with van der Waals surface area (Å²) in [6, 6.07) is 7.50. The third kappa shape index (κ3) is 3.89. The Bertz CT molecular complexity index is 1370. The molecule has 0 radical (unpaired) electrons. The minimum atomic E-state index is -0.403. The number of fused-ring (bicyclic) bond motifs is 1. The van der Waals surface area contributed by atoms with Gasteiger partial charge in [-0.3, -0.25) is 19.1 Å². The van der Waals surface area contributed by atoms with Crippen LogP contribution in [0.2, 0.25) is 0 Å². The lowest BCUT2D eigenvalue weighted by molar-refractivity contribution is 0.0958. The van der Waals surface area contributed by atoms with E-state index in [4.69, 9.17) is 0 Å². The summed E-state index contributed by atoms with van der Waals surface area (Å²) in [5, 5.41) is 3.13. The van der Waals surface area contributed by atoms with E-state index >= 15 is 0 Å². The second-order valence-corrected chi connectivity index (χ2v) is 8.19. The predicted octanol–water partition coefficient (Wildman–Crippen LogP) is 1.89. The second-order valence-electron chi connectivity index (χ2n) is 8.19. The highest BCUT2D eigenvalue weighted by atomic mass is 16.2. The fourth-order valence-electron chi connectivity index (χ4n) is 4.22. The summed E-state index contributed by atoms with van der Waals surface area (Å²) in [4.78, 5) is 45.8. The van der Waals surface area contributed by atoms with Crippen LogP contribution in [-0.4, -0.2) is 45.5 Å². The Labute approximate surface area is 185 Å². The summed E-state index contributed by atoms with van der Waals surface area (Å²) in [7, 11) is 3.07. The molecule has 8 heteroatoms. The van der Waals surface area contributed by atoms with E-state index in [0.717, 1.165) is 53.0 Å². The van der Waals surface area contributed by atoms with Crippen LogP contribution in [0.25, 0.3) is 16.5 Å². The van der Waals surface area contributed by atoms with Crippen LogP contribution in [0.1, 0.15) is 39.3 Å². The average Bonchev–Trinajstić information content (AvgIpc) is 2.80. The van der Waals surface area contributed by atoms with Crippen molar-refractivity contribution >= 4 is 22.4 Å². The number of benzene rings is 1. The number of pyridine rings is 1. The normalized spacial score (nSPS) is 14.4. The highest BCUT2D eigenvalue weighted by Gasteiger charge is 2.18. The van der Waals surface area contributed by atoms with Crippen molar-refractivity contribution in [2.75, 3.05) is 20.1 Å². The Balaban J connectivity index is 1.54. The Hall–Kier alpha value is -3.52. The summed E-state index contributed by atoms with van der Waals surface area (Å²) in [5.74, 6) is -0.187. The standard InChI is InChI=1S/C24H27N5O3/c1-14-17(5-6-19-21(14)27-24(32)28(4)23(19)31)13-29-11-9-16(10-12-29)18-7-8-20(22(30)25-3)26-15(18)2/h5-9H,10-13H2,1-4H3,(H,25,30)(H,27,32). The molecule has 1 aliphatic rings. The number of nitrogens with zero attached hydrogens (tertiary/aromatic N) is 3. The van der Waals surface area contributed by atoms with Crippen LogP contribution in [-0.2, 0) is 13.6 Å². The number of aromatic amines is 1. The maximum atomic E-state index is 12.4. The van der Waals surface area contributed by atoms with Crippen molar-refractivity contribution in [3.8, 4) is 0 Å². The van der Waals surface area contributed by atoms with E-state index in [1.807, 2.05) is 26.0 Å². The van der Waals surface area contributed by atoms with Crippen LogP contribution >= 0.6 is 0 Å². The first-order valence-corrected chi connectivity index (χ1v) is 10.6. The van der Waals surface area contributed by atoms with E-state index in [1.54, 1.807) is 19.2 Å². The SMILES string of the molecule is CNC(=O)c1ccc(C2=CCN(Cc3ccc4c(=O)n(C)c(=O)[nH]c4c3C)CC2)c(C)n1. The minimum absolute atomic E-state index is 0.187. The van der Waals surface area contributed by atoms with E-state index in [-0.39, 0.29) is 11.5 Å². The highest BCUT2D eigenvalue weighted by Crippen LogP contribution is 2.26. The van der Waals surface area contributed by atoms with Gasteiger partial charge in [0.2, 0.25) is 0 Å². The van der Waals surface area contributed by atoms with Gasteiger partial charge in [0.05, 0.1) is 10.9 Å². The summed E-state index contributed by atoms with van der Waals surface area (Å²) in [6.07, 6.45) is 3.09. The van der Waals surface area contributed by atoms with Gasteiger partial charge in [0.1, 0.15) is 5.69 Å². The van der Waals surface area contributed by atoms with Gasteiger partial charge in [-0.1, -0.05) is 18.2 Å². The molecule has 32 heavy (non-hydrogen) atoms. The largest absolute Gasteiger partial charge is 0.354 e. The van der Waals surface area contributed by atoms with Crippen LogP contribution in [0.4, 0.5) is 0 Å². The number of aryl methyl sites for hydroxylation is 2. The van der Waals surface area contributed by atoms with Crippen molar-refractivity contribution in [1.29, 1.82) is 0 Å². The first-order valence-electron chi connectivity index (χ1n) is 10.6. The molecule has 3 aromatic rings. The van der Waals surface area contributed by atoms with E-state index in [0.29, 0.717) is 16.6 Å². The zero-order valence-electron chi connectivity index (χ0n) is 18.8. The van der Waals surface area contributed by atoms with Crippen molar-refractivity contribution in [1.82, 2.24) is 24.8 Å². The number of carbonyl (C=O) groups excluding carboxylic acids is 1. The van der Waals surface area contributed by atoms with Crippen molar-refractivity contribution in [2.45, 2.75) is 26.8 Å². The fraction of sp³-hybridized carbons (Fsp3) is 0.333. The smallest absolute Gasteiger partial charge is 0.328 e. The molecule has 0 bridgehead atoms. The first kappa shape index (κ1) is 21.7. The molecule has 166 valence electrons. The molecule has 3 heterocycles. The van der Waals surface area contributed by atoms with E-state index in [9.17, 15) is 14.4 Å². The molecule has 0 fully saturated rings. The summed E-state index contributed by atoms with van der Waals surface area (Å²) in [5.41, 5.74) is 5.53. The number of carbonyl (C=O) groups is 1. The van der Waals surface area contributed by atoms with Gasteiger partial charge in [0.15, 0.2) is 0 Å². The molecule has 4 rings (SSSR count). The molecule has 1 aromatic carbocycles. The molecule has 1 aliphatic heterocycles. The lowest BCUT2D eigenvalue weighted by Crippen LogP contribution is -2.33. The molecular weight excluding hydrogens is 406 g/mol. The molecule has 0 atom stereocenters.